The topological polar surface area (TPSA) is 64.3 Å². The molecular weight excluding hydrogens is 206 g/mol. The van der Waals surface area contributed by atoms with Gasteiger partial charge in [0.05, 0.1) is 25.6 Å². The molecule has 4 nitrogen and oxygen atoms in total. The molecule has 0 spiro atoms. The van der Waals surface area contributed by atoms with Gasteiger partial charge in [0, 0.05) is 6.61 Å². The molecule has 1 aliphatic heterocycles. The van der Waals surface area contributed by atoms with Crippen LogP contribution in [0.4, 0.5) is 8.78 Å². The van der Waals surface area contributed by atoms with Gasteiger partial charge in [0.1, 0.15) is 0 Å². The van der Waals surface area contributed by atoms with Gasteiger partial charge in [-0.15, -0.1) is 0 Å². The van der Waals surface area contributed by atoms with Crippen molar-refractivity contribution >= 4 is 5.91 Å². The molecule has 1 rings (SSSR count). The summed E-state index contributed by atoms with van der Waals surface area (Å²) in [5, 5.41) is 2.19. The van der Waals surface area contributed by atoms with Crippen molar-refractivity contribution in [2.75, 3.05) is 26.3 Å². The number of amides is 1. The number of hydrogen-bond donors (Lipinski definition) is 2. The molecule has 0 saturated carbocycles. The zero-order valence-corrected chi connectivity index (χ0v) is 8.47. The zero-order chi connectivity index (χ0) is 11.3. The minimum Gasteiger partial charge on any atom is -0.381 e. The Morgan fingerprint density at radius 1 is 1.60 bits per heavy atom. The van der Waals surface area contributed by atoms with Crippen molar-refractivity contribution in [2.45, 2.75) is 18.8 Å². The first kappa shape index (κ1) is 12.3. The van der Waals surface area contributed by atoms with E-state index in [1.165, 1.54) is 0 Å². The number of rotatable bonds is 4. The minimum absolute atomic E-state index is 0.299. The number of alkyl halides is 2. The number of ether oxygens (including phenoxy) is 1. The van der Waals surface area contributed by atoms with E-state index >= 15 is 0 Å². The Hall–Kier alpha value is -0.750. The lowest BCUT2D eigenvalue weighted by molar-refractivity contribution is -0.130. The molecule has 0 aromatic carbocycles. The van der Waals surface area contributed by atoms with E-state index in [0.717, 1.165) is 6.42 Å². The summed E-state index contributed by atoms with van der Waals surface area (Å²) in [7, 11) is 0. The highest BCUT2D eigenvalue weighted by Gasteiger charge is 2.29. The molecule has 1 saturated heterocycles. The van der Waals surface area contributed by atoms with Gasteiger partial charge in [-0.3, -0.25) is 4.79 Å². The van der Waals surface area contributed by atoms with Crippen LogP contribution in [0, 0.1) is 5.92 Å². The average Bonchev–Trinajstić information content (AvgIpc) is 2.27. The van der Waals surface area contributed by atoms with Crippen LogP contribution < -0.4 is 11.1 Å². The highest BCUT2D eigenvalue weighted by atomic mass is 19.3. The SMILES string of the molecule is NCC(F)(F)CNC(=O)C1CCCOC1. The van der Waals surface area contributed by atoms with E-state index in [1.807, 2.05) is 0 Å². The first-order chi connectivity index (χ1) is 7.05. The third-order valence-electron chi connectivity index (χ3n) is 2.35. The van der Waals surface area contributed by atoms with Crippen LogP contribution in [0.5, 0.6) is 0 Å². The molecule has 88 valence electrons. The van der Waals surface area contributed by atoms with E-state index in [4.69, 9.17) is 10.5 Å². The standard InChI is InChI=1S/C9H16F2N2O2/c10-9(11,5-12)6-13-8(14)7-2-1-3-15-4-7/h7H,1-6,12H2,(H,13,14). The molecule has 0 aromatic rings. The number of carbonyl (C=O) groups is 1. The van der Waals surface area contributed by atoms with Crippen molar-refractivity contribution in [3.8, 4) is 0 Å². The predicted molar refractivity (Wildman–Crippen MR) is 50.6 cm³/mol. The van der Waals surface area contributed by atoms with Gasteiger partial charge in [-0.1, -0.05) is 0 Å². The van der Waals surface area contributed by atoms with Crippen molar-refractivity contribution in [2.24, 2.45) is 11.7 Å². The molecule has 1 aliphatic rings. The van der Waals surface area contributed by atoms with E-state index in [1.54, 1.807) is 0 Å². The van der Waals surface area contributed by atoms with Crippen molar-refractivity contribution in [3.63, 3.8) is 0 Å². The Bertz CT molecular complexity index is 218. The summed E-state index contributed by atoms with van der Waals surface area (Å²) >= 11 is 0. The molecule has 0 aliphatic carbocycles. The molecule has 1 atom stereocenters. The number of carbonyl (C=O) groups excluding carboxylic acids is 1. The molecule has 0 radical (unpaired) electrons. The number of halogens is 2. The van der Waals surface area contributed by atoms with Crippen molar-refractivity contribution in [1.29, 1.82) is 0 Å². The quantitative estimate of drug-likeness (QED) is 0.710. The summed E-state index contributed by atoms with van der Waals surface area (Å²) in [6, 6.07) is 0. The van der Waals surface area contributed by atoms with Crippen LogP contribution in [0.25, 0.3) is 0 Å². The third kappa shape index (κ3) is 4.09. The fourth-order valence-corrected chi connectivity index (χ4v) is 1.38. The number of nitrogens with two attached hydrogens (primary N) is 1. The van der Waals surface area contributed by atoms with Gasteiger partial charge in [-0.05, 0) is 12.8 Å². The van der Waals surface area contributed by atoms with E-state index in [9.17, 15) is 13.6 Å². The molecular formula is C9H16F2N2O2. The van der Waals surface area contributed by atoms with E-state index < -0.39 is 19.0 Å². The van der Waals surface area contributed by atoms with E-state index in [-0.39, 0.29) is 11.8 Å². The Kier molecular flexibility index (Phi) is 4.41. The molecule has 0 bridgehead atoms. The Morgan fingerprint density at radius 3 is 2.87 bits per heavy atom. The fraction of sp³-hybridized carbons (Fsp3) is 0.889. The van der Waals surface area contributed by atoms with Gasteiger partial charge in [0.2, 0.25) is 5.91 Å². The Morgan fingerprint density at radius 2 is 2.33 bits per heavy atom. The second-order valence-electron chi connectivity index (χ2n) is 3.69. The lowest BCUT2D eigenvalue weighted by Gasteiger charge is -2.22. The largest absolute Gasteiger partial charge is 0.381 e. The molecule has 3 N–H and O–H groups in total. The van der Waals surface area contributed by atoms with Gasteiger partial charge < -0.3 is 15.8 Å². The first-order valence-electron chi connectivity index (χ1n) is 4.98. The lowest BCUT2D eigenvalue weighted by atomic mass is 10.0. The minimum atomic E-state index is -3.02. The maximum Gasteiger partial charge on any atom is 0.277 e. The van der Waals surface area contributed by atoms with Crippen LogP contribution in [-0.4, -0.2) is 38.1 Å². The molecule has 1 amide bonds. The monoisotopic (exact) mass is 222 g/mol. The van der Waals surface area contributed by atoms with E-state index in [0.29, 0.717) is 19.6 Å². The summed E-state index contributed by atoms with van der Waals surface area (Å²) in [4.78, 5) is 11.4. The summed E-state index contributed by atoms with van der Waals surface area (Å²) < 4.78 is 30.5. The van der Waals surface area contributed by atoms with Crippen LogP contribution in [0.2, 0.25) is 0 Å². The molecule has 15 heavy (non-hydrogen) atoms. The summed E-state index contributed by atoms with van der Waals surface area (Å²) in [6.07, 6.45) is 1.49. The van der Waals surface area contributed by atoms with Crippen molar-refractivity contribution in [1.82, 2.24) is 5.32 Å². The highest BCUT2D eigenvalue weighted by molar-refractivity contribution is 5.78. The second kappa shape index (κ2) is 5.37. The second-order valence-corrected chi connectivity index (χ2v) is 3.69. The third-order valence-corrected chi connectivity index (χ3v) is 2.35. The zero-order valence-electron chi connectivity index (χ0n) is 8.47. The maximum absolute atomic E-state index is 12.7. The predicted octanol–water partition coefficient (Wildman–Crippen LogP) is 0.123. The number of hydrogen-bond acceptors (Lipinski definition) is 3. The average molecular weight is 222 g/mol. The van der Waals surface area contributed by atoms with Crippen molar-refractivity contribution in [3.05, 3.63) is 0 Å². The summed E-state index contributed by atoms with van der Waals surface area (Å²) in [6.45, 7) is -0.490. The molecule has 1 heterocycles. The number of nitrogens with one attached hydrogen (secondary N) is 1. The smallest absolute Gasteiger partial charge is 0.277 e. The maximum atomic E-state index is 12.7. The fourth-order valence-electron chi connectivity index (χ4n) is 1.38. The summed E-state index contributed by atoms with van der Waals surface area (Å²) in [5.41, 5.74) is 4.84. The Labute approximate surface area is 87.1 Å². The van der Waals surface area contributed by atoms with Gasteiger partial charge >= 0.3 is 0 Å². The molecule has 1 unspecified atom stereocenters. The Balaban J connectivity index is 2.28. The van der Waals surface area contributed by atoms with E-state index in [2.05, 4.69) is 5.32 Å². The van der Waals surface area contributed by atoms with Crippen LogP contribution in [0.1, 0.15) is 12.8 Å². The normalized spacial score (nSPS) is 22.5. The summed E-state index contributed by atoms with van der Waals surface area (Å²) in [5.74, 6) is -3.69. The van der Waals surface area contributed by atoms with Crippen LogP contribution in [0.15, 0.2) is 0 Å². The lowest BCUT2D eigenvalue weighted by Crippen LogP contribution is -2.44. The van der Waals surface area contributed by atoms with Crippen LogP contribution >= 0.6 is 0 Å². The van der Waals surface area contributed by atoms with Gasteiger partial charge in [0.25, 0.3) is 5.92 Å². The molecule has 6 heteroatoms. The van der Waals surface area contributed by atoms with Crippen LogP contribution in [-0.2, 0) is 9.53 Å². The molecule has 1 fully saturated rings. The van der Waals surface area contributed by atoms with Gasteiger partial charge in [-0.25, -0.2) is 8.78 Å². The van der Waals surface area contributed by atoms with Gasteiger partial charge in [-0.2, -0.15) is 0 Å². The highest BCUT2D eigenvalue weighted by Crippen LogP contribution is 2.14. The van der Waals surface area contributed by atoms with Crippen LogP contribution in [0.3, 0.4) is 0 Å². The van der Waals surface area contributed by atoms with Crippen molar-refractivity contribution < 1.29 is 18.3 Å². The van der Waals surface area contributed by atoms with Gasteiger partial charge in [0.15, 0.2) is 0 Å². The molecule has 0 aromatic heterocycles. The first-order valence-corrected chi connectivity index (χ1v) is 4.98.